The van der Waals surface area contributed by atoms with Crippen LogP contribution in [0.1, 0.15) is 37.6 Å². The van der Waals surface area contributed by atoms with Gasteiger partial charge in [-0.1, -0.05) is 49.0 Å². The molecule has 0 unspecified atom stereocenters. The van der Waals surface area contributed by atoms with Crippen LogP contribution >= 0.6 is 23.1 Å². The molecule has 4 rings (SSSR count). The predicted octanol–water partition coefficient (Wildman–Crippen LogP) is 5.76. The maximum atomic E-state index is 11.5. The Labute approximate surface area is 219 Å². The second kappa shape index (κ2) is 11.6. The number of thioether (sulfide) groups is 1. The van der Waals surface area contributed by atoms with Crippen molar-refractivity contribution in [3.8, 4) is 11.3 Å². The van der Waals surface area contributed by atoms with Crippen molar-refractivity contribution in [3.05, 3.63) is 83.3 Å². The molecule has 0 aliphatic carbocycles. The molecule has 0 saturated carbocycles. The first-order valence-corrected chi connectivity index (χ1v) is 13.5. The van der Waals surface area contributed by atoms with Gasteiger partial charge < -0.3 is 10.0 Å². The van der Waals surface area contributed by atoms with Gasteiger partial charge in [-0.2, -0.15) is 0 Å². The van der Waals surface area contributed by atoms with Crippen molar-refractivity contribution in [1.29, 1.82) is 0 Å². The average molecular weight is 520 g/mol. The van der Waals surface area contributed by atoms with E-state index in [0.29, 0.717) is 25.5 Å². The van der Waals surface area contributed by atoms with Crippen LogP contribution in [-0.4, -0.2) is 42.3 Å². The summed E-state index contributed by atoms with van der Waals surface area (Å²) in [5, 5.41) is 11.4. The first-order valence-electron chi connectivity index (χ1n) is 11.8. The van der Waals surface area contributed by atoms with Crippen LogP contribution in [0.15, 0.2) is 70.8 Å². The van der Waals surface area contributed by atoms with E-state index >= 15 is 0 Å². The number of thiazole rings is 1. The largest absolute Gasteiger partial charge is 0.480 e. The van der Waals surface area contributed by atoms with Crippen molar-refractivity contribution in [2.45, 2.75) is 49.2 Å². The van der Waals surface area contributed by atoms with E-state index < -0.39 is 10.7 Å². The van der Waals surface area contributed by atoms with Gasteiger partial charge in [0.1, 0.15) is 4.75 Å². The number of aromatic nitrogens is 4. The average Bonchev–Trinajstić information content (AvgIpc) is 3.34. The van der Waals surface area contributed by atoms with Crippen LogP contribution in [0.2, 0.25) is 0 Å². The second-order valence-corrected chi connectivity index (χ2v) is 11.6. The predicted molar refractivity (Wildman–Crippen MR) is 146 cm³/mol. The van der Waals surface area contributed by atoms with E-state index in [-0.39, 0.29) is 0 Å². The Balaban J connectivity index is 1.48. The topological polar surface area (TPSA) is 92.1 Å². The fourth-order valence-electron chi connectivity index (χ4n) is 3.44. The number of carbonyl (C=O) groups is 1. The first-order chi connectivity index (χ1) is 17.3. The molecule has 7 nitrogen and oxygen atoms in total. The molecule has 3 aromatic heterocycles. The highest BCUT2D eigenvalue weighted by atomic mass is 32.2. The summed E-state index contributed by atoms with van der Waals surface area (Å²) < 4.78 is -0.158. The van der Waals surface area contributed by atoms with Gasteiger partial charge in [0.2, 0.25) is 5.95 Å². The summed E-state index contributed by atoms with van der Waals surface area (Å²) in [6, 6.07) is 14.3. The van der Waals surface area contributed by atoms with Gasteiger partial charge >= 0.3 is 5.97 Å². The zero-order chi connectivity index (χ0) is 25.5. The summed E-state index contributed by atoms with van der Waals surface area (Å²) in [4.78, 5) is 31.9. The van der Waals surface area contributed by atoms with Gasteiger partial charge in [0.25, 0.3) is 0 Å². The molecule has 0 aliphatic heterocycles. The highest BCUT2D eigenvalue weighted by Gasteiger charge is 2.29. The number of aryl methyl sites for hydroxylation is 1. The Bertz CT molecular complexity index is 1280. The van der Waals surface area contributed by atoms with Gasteiger partial charge in [-0.25, -0.2) is 15.0 Å². The Morgan fingerprint density at radius 3 is 2.44 bits per heavy atom. The summed E-state index contributed by atoms with van der Waals surface area (Å²) in [6.07, 6.45) is 7.15. The van der Waals surface area contributed by atoms with Crippen molar-refractivity contribution >= 4 is 35.0 Å². The molecule has 0 aliphatic rings. The fraction of sp³-hybridized carbons (Fsp3) is 0.296. The lowest BCUT2D eigenvalue weighted by atomic mass is 10.1. The maximum Gasteiger partial charge on any atom is 0.319 e. The third kappa shape index (κ3) is 6.67. The van der Waals surface area contributed by atoms with Crippen molar-refractivity contribution < 1.29 is 9.90 Å². The Kier molecular flexibility index (Phi) is 8.32. The first kappa shape index (κ1) is 25.8. The van der Waals surface area contributed by atoms with Crippen LogP contribution < -0.4 is 4.90 Å². The third-order valence-electron chi connectivity index (χ3n) is 5.70. The minimum absolute atomic E-state index is 0.658. The van der Waals surface area contributed by atoms with Gasteiger partial charge in [0.15, 0.2) is 4.34 Å². The van der Waals surface area contributed by atoms with Gasteiger partial charge in [-0.15, -0.1) is 11.3 Å². The number of hydrogen-bond donors (Lipinski definition) is 1. The monoisotopic (exact) mass is 519 g/mol. The molecule has 0 amide bonds. The number of pyridine rings is 1. The number of carboxylic acids is 1. The van der Waals surface area contributed by atoms with Gasteiger partial charge in [-0.05, 0) is 43.5 Å². The van der Waals surface area contributed by atoms with E-state index in [2.05, 4.69) is 56.0 Å². The highest BCUT2D eigenvalue weighted by molar-refractivity contribution is 8.03. The smallest absolute Gasteiger partial charge is 0.319 e. The summed E-state index contributed by atoms with van der Waals surface area (Å²) in [6.45, 7) is 6.82. The highest BCUT2D eigenvalue weighted by Crippen LogP contribution is 2.34. The molecule has 0 radical (unpaired) electrons. The molecule has 1 aromatic carbocycles. The van der Waals surface area contributed by atoms with Crippen LogP contribution in [0.4, 0.5) is 5.95 Å². The number of aliphatic carboxylic acids is 1. The Hall–Kier alpha value is -3.30. The number of benzene rings is 1. The van der Waals surface area contributed by atoms with E-state index in [1.807, 2.05) is 36.0 Å². The zero-order valence-corrected chi connectivity index (χ0v) is 22.2. The van der Waals surface area contributed by atoms with Crippen LogP contribution in [0.5, 0.6) is 0 Å². The molecule has 186 valence electrons. The number of rotatable bonds is 11. The SMILES string of the molecule is CCc1cnc(N(CCc2csc(SC(C)(C)C(=O)O)n2)Cc2ccc(-c3ccccn3)cc2)nc1. The summed E-state index contributed by atoms with van der Waals surface area (Å²) in [5.74, 6) is -0.171. The van der Waals surface area contributed by atoms with E-state index in [0.717, 1.165) is 38.8 Å². The molecule has 1 N–H and O–H groups in total. The standard InChI is InChI=1S/C27H29N5O2S2/c1-4-19-15-29-25(30-16-19)32(14-12-22-18-35-26(31-22)36-27(2,3)24(33)34)17-20-8-10-21(11-9-20)23-7-5-6-13-28-23/h5-11,13,15-16,18H,4,12,14,17H2,1-3H3,(H,33,34). The summed E-state index contributed by atoms with van der Waals surface area (Å²) in [5.41, 5.74) is 5.20. The summed E-state index contributed by atoms with van der Waals surface area (Å²) >= 11 is 2.76. The summed E-state index contributed by atoms with van der Waals surface area (Å²) in [7, 11) is 0. The number of carboxylic acid groups (broad SMARTS) is 1. The van der Waals surface area contributed by atoms with Gasteiger partial charge in [0.05, 0.1) is 11.4 Å². The minimum Gasteiger partial charge on any atom is -0.480 e. The third-order valence-corrected chi connectivity index (χ3v) is 7.87. The fourth-order valence-corrected chi connectivity index (χ4v) is 5.67. The number of anilines is 1. The Morgan fingerprint density at radius 2 is 1.81 bits per heavy atom. The van der Waals surface area contributed by atoms with E-state index in [9.17, 15) is 9.90 Å². The van der Waals surface area contributed by atoms with Crippen molar-refractivity contribution in [2.24, 2.45) is 0 Å². The molecule has 0 spiro atoms. The lowest BCUT2D eigenvalue weighted by Crippen LogP contribution is -2.27. The Morgan fingerprint density at radius 1 is 1.06 bits per heavy atom. The molecule has 0 atom stereocenters. The molecule has 0 bridgehead atoms. The normalized spacial score (nSPS) is 11.4. The van der Waals surface area contributed by atoms with Crippen LogP contribution in [0.3, 0.4) is 0 Å². The van der Waals surface area contributed by atoms with Crippen LogP contribution in [0.25, 0.3) is 11.3 Å². The van der Waals surface area contributed by atoms with Crippen molar-refractivity contribution in [2.75, 3.05) is 11.4 Å². The molecule has 3 heterocycles. The molecule has 0 fully saturated rings. The number of hydrogen-bond acceptors (Lipinski definition) is 8. The molecule has 9 heteroatoms. The number of nitrogens with zero attached hydrogens (tertiary/aromatic N) is 5. The van der Waals surface area contributed by atoms with E-state index in [1.54, 1.807) is 20.0 Å². The van der Waals surface area contributed by atoms with E-state index in [1.165, 1.54) is 23.1 Å². The quantitative estimate of drug-likeness (QED) is 0.250. The van der Waals surface area contributed by atoms with Gasteiger partial charge in [0, 0.05) is 49.0 Å². The molecule has 0 saturated heterocycles. The molecular weight excluding hydrogens is 490 g/mol. The molecule has 4 aromatic rings. The minimum atomic E-state index is -0.919. The maximum absolute atomic E-state index is 11.5. The van der Waals surface area contributed by atoms with Crippen molar-refractivity contribution in [3.63, 3.8) is 0 Å². The van der Waals surface area contributed by atoms with Crippen LogP contribution in [0, 0.1) is 0 Å². The van der Waals surface area contributed by atoms with Crippen LogP contribution in [-0.2, 0) is 24.2 Å². The van der Waals surface area contributed by atoms with Crippen molar-refractivity contribution in [1.82, 2.24) is 19.9 Å². The van der Waals surface area contributed by atoms with Gasteiger partial charge in [-0.3, -0.25) is 9.78 Å². The molecular formula is C27H29N5O2S2. The zero-order valence-electron chi connectivity index (χ0n) is 20.6. The molecule has 36 heavy (non-hydrogen) atoms. The van der Waals surface area contributed by atoms with E-state index in [4.69, 9.17) is 0 Å². The lowest BCUT2D eigenvalue weighted by Gasteiger charge is -2.22. The second-order valence-electron chi connectivity index (χ2n) is 8.85. The lowest BCUT2D eigenvalue weighted by molar-refractivity contribution is -0.138.